The van der Waals surface area contributed by atoms with Gasteiger partial charge >= 0.3 is 6.01 Å². The molecule has 10 nitrogen and oxygen atoms in total. The zero-order valence-corrected chi connectivity index (χ0v) is 25.2. The fourth-order valence-corrected chi connectivity index (χ4v) is 9.33. The number of aromatic hydroxyl groups is 1. The number of anilines is 1. The molecule has 0 saturated carbocycles. The van der Waals surface area contributed by atoms with Crippen molar-refractivity contribution in [1.82, 2.24) is 25.2 Å². The van der Waals surface area contributed by atoms with Crippen LogP contribution in [0.2, 0.25) is 0 Å². The van der Waals surface area contributed by atoms with E-state index >= 15 is 4.39 Å². The Morgan fingerprint density at radius 3 is 2.71 bits per heavy atom. The Kier molecular flexibility index (Phi) is 6.46. The van der Waals surface area contributed by atoms with Crippen molar-refractivity contribution >= 4 is 37.3 Å². The summed E-state index contributed by atoms with van der Waals surface area (Å²) >= 11 is 0. The predicted octanol–water partition coefficient (Wildman–Crippen LogP) is 3.84. The average Bonchev–Trinajstić information content (AvgIpc) is 3.55. The predicted molar refractivity (Wildman–Crippen MR) is 162 cm³/mol. The molecule has 2 N–H and O–H groups in total. The van der Waals surface area contributed by atoms with Crippen LogP contribution in [0.15, 0.2) is 30.5 Å². The SMILES string of the molecule is CCc1c(F)ccc2cc(O)cc(-c3ncc4c(N5CC6NC(C5)S6(=O)=O)nc(OC[C@@]56CCCN5C[C@H](F)C6)nc4c3F)c12. The van der Waals surface area contributed by atoms with E-state index in [1.165, 1.54) is 30.5 Å². The summed E-state index contributed by atoms with van der Waals surface area (Å²) in [7, 11) is -3.30. The second-order valence-electron chi connectivity index (χ2n) is 12.5. The van der Waals surface area contributed by atoms with Crippen molar-refractivity contribution < 1.29 is 31.4 Å². The summed E-state index contributed by atoms with van der Waals surface area (Å²) in [5.41, 5.74) is -0.178. The van der Waals surface area contributed by atoms with Crippen LogP contribution in [0.25, 0.3) is 32.9 Å². The zero-order chi connectivity index (χ0) is 31.2. The summed E-state index contributed by atoms with van der Waals surface area (Å²) in [6.07, 6.45) is 2.79. The van der Waals surface area contributed by atoms with E-state index in [0.717, 1.165) is 19.4 Å². The van der Waals surface area contributed by atoms with E-state index in [0.29, 0.717) is 35.7 Å². The van der Waals surface area contributed by atoms with E-state index in [1.54, 1.807) is 11.8 Å². The maximum absolute atomic E-state index is 16.7. The van der Waals surface area contributed by atoms with Gasteiger partial charge in [0.1, 0.15) is 52.1 Å². The Balaban J connectivity index is 1.27. The molecule has 0 spiro atoms. The maximum Gasteiger partial charge on any atom is 0.319 e. The van der Waals surface area contributed by atoms with E-state index in [1.807, 2.05) is 0 Å². The molecule has 5 fully saturated rings. The first-order valence-corrected chi connectivity index (χ1v) is 16.8. The van der Waals surface area contributed by atoms with Gasteiger partial charge in [-0.25, -0.2) is 21.6 Å². The Bertz CT molecular complexity index is 1980. The molecule has 0 radical (unpaired) electrons. The van der Waals surface area contributed by atoms with Crippen LogP contribution in [-0.2, 0) is 16.3 Å². The summed E-state index contributed by atoms with van der Waals surface area (Å²) in [4.78, 5) is 17.4. The van der Waals surface area contributed by atoms with Gasteiger partial charge in [-0.05, 0) is 60.3 Å². The highest BCUT2D eigenvalue weighted by molar-refractivity contribution is 7.94. The quantitative estimate of drug-likeness (QED) is 0.322. The number of nitrogens with one attached hydrogen (secondary N) is 1. The van der Waals surface area contributed by atoms with Crippen LogP contribution >= 0.6 is 0 Å². The summed E-state index contributed by atoms with van der Waals surface area (Å²) in [5.74, 6) is -1.13. The van der Waals surface area contributed by atoms with Crippen molar-refractivity contribution in [3.8, 4) is 23.0 Å². The number of aromatic nitrogens is 3. The number of alkyl halides is 1. The van der Waals surface area contributed by atoms with Crippen LogP contribution in [0.1, 0.15) is 31.7 Å². The number of phenolic OH excluding ortho intramolecular Hbond substituents is 1. The minimum atomic E-state index is -3.30. The third kappa shape index (κ3) is 4.36. The van der Waals surface area contributed by atoms with Crippen molar-refractivity contribution in [2.75, 3.05) is 37.7 Å². The Labute approximate surface area is 257 Å². The summed E-state index contributed by atoms with van der Waals surface area (Å²) < 4.78 is 77.2. The molecule has 14 heteroatoms. The summed E-state index contributed by atoms with van der Waals surface area (Å²) in [6, 6.07) is 5.57. The molecule has 2 aromatic carbocycles. The van der Waals surface area contributed by atoms with Gasteiger partial charge in [-0.2, -0.15) is 9.97 Å². The molecule has 2 bridgehead atoms. The van der Waals surface area contributed by atoms with Gasteiger partial charge in [0.05, 0.1) is 10.9 Å². The second-order valence-corrected chi connectivity index (χ2v) is 14.8. The fourth-order valence-electron chi connectivity index (χ4n) is 7.68. The van der Waals surface area contributed by atoms with Crippen molar-refractivity contribution in [2.45, 2.75) is 55.1 Å². The number of halogens is 3. The first kappa shape index (κ1) is 28.7. The molecule has 4 aromatic rings. The molecule has 5 aliphatic heterocycles. The van der Waals surface area contributed by atoms with Crippen LogP contribution in [0.5, 0.6) is 11.8 Å². The molecule has 45 heavy (non-hydrogen) atoms. The van der Waals surface area contributed by atoms with Gasteiger partial charge < -0.3 is 14.7 Å². The molecule has 236 valence electrons. The molecule has 0 aliphatic carbocycles. The zero-order valence-electron chi connectivity index (χ0n) is 24.4. The summed E-state index contributed by atoms with van der Waals surface area (Å²) in [5, 5.41) is 13.2. The molecule has 5 saturated heterocycles. The Morgan fingerprint density at radius 2 is 1.96 bits per heavy atom. The van der Waals surface area contributed by atoms with Gasteiger partial charge in [0.25, 0.3) is 0 Å². The number of rotatable bonds is 6. The van der Waals surface area contributed by atoms with Crippen molar-refractivity contribution in [1.29, 1.82) is 0 Å². The minimum Gasteiger partial charge on any atom is -0.508 e. The van der Waals surface area contributed by atoms with Gasteiger partial charge in [-0.3, -0.25) is 15.2 Å². The van der Waals surface area contributed by atoms with Gasteiger partial charge in [-0.15, -0.1) is 0 Å². The van der Waals surface area contributed by atoms with Crippen LogP contribution in [-0.4, -0.2) is 88.6 Å². The maximum atomic E-state index is 16.7. The molecular weight excluding hydrogens is 609 g/mol. The van der Waals surface area contributed by atoms with Crippen LogP contribution in [0.3, 0.4) is 0 Å². The number of benzene rings is 2. The number of sulfone groups is 1. The highest BCUT2D eigenvalue weighted by Crippen LogP contribution is 2.42. The number of hydrogen-bond donors (Lipinski definition) is 2. The van der Waals surface area contributed by atoms with Crippen LogP contribution in [0, 0.1) is 11.6 Å². The summed E-state index contributed by atoms with van der Waals surface area (Å²) in [6.45, 7) is 3.20. The van der Waals surface area contributed by atoms with Gasteiger partial charge in [0, 0.05) is 37.8 Å². The molecule has 0 amide bonds. The largest absolute Gasteiger partial charge is 0.508 e. The molecule has 7 heterocycles. The lowest BCUT2D eigenvalue weighted by molar-refractivity contribution is 0.107. The average molecular weight is 641 g/mol. The third-order valence-electron chi connectivity index (χ3n) is 9.87. The molecule has 2 unspecified atom stereocenters. The minimum absolute atomic E-state index is 0.0886. The first-order chi connectivity index (χ1) is 21.6. The van der Waals surface area contributed by atoms with Crippen molar-refractivity contribution in [3.63, 3.8) is 0 Å². The number of phenols is 1. The third-order valence-corrected chi connectivity index (χ3v) is 12.0. The number of nitrogens with zero attached hydrogens (tertiary/aromatic N) is 5. The smallest absolute Gasteiger partial charge is 0.319 e. The van der Waals surface area contributed by atoms with E-state index in [4.69, 9.17) is 4.74 Å². The fraction of sp³-hybridized carbons (Fsp3) is 0.452. The molecule has 5 aliphatic rings. The van der Waals surface area contributed by atoms with Gasteiger partial charge in [0.15, 0.2) is 15.7 Å². The number of piperazine rings is 1. The number of hydrogen-bond acceptors (Lipinski definition) is 10. The Hall–Kier alpha value is -3.75. The highest BCUT2D eigenvalue weighted by Gasteiger charge is 2.52. The van der Waals surface area contributed by atoms with Gasteiger partial charge in [0.2, 0.25) is 0 Å². The first-order valence-electron chi connectivity index (χ1n) is 15.1. The monoisotopic (exact) mass is 640 g/mol. The van der Waals surface area contributed by atoms with E-state index < -0.39 is 43.9 Å². The Morgan fingerprint density at radius 1 is 1.16 bits per heavy atom. The van der Waals surface area contributed by atoms with E-state index in [2.05, 4.69) is 25.2 Å². The number of fused-ring (bicyclic) bond motifs is 5. The molecule has 9 rings (SSSR count). The lowest BCUT2D eigenvalue weighted by Crippen LogP contribution is -2.73. The van der Waals surface area contributed by atoms with Crippen LogP contribution in [0.4, 0.5) is 19.0 Å². The van der Waals surface area contributed by atoms with Crippen molar-refractivity contribution in [2.24, 2.45) is 0 Å². The standard InChI is InChI=1S/C31H31F3N6O4S/c1-2-19-22(33)5-4-16-8-18(41)9-20(25(16)19)27-26(34)28-21(11-35-27)29(39-13-23-36-24(14-39)45(23,42)43)38-30(37-28)44-15-31-6-3-7-40(31)12-17(32)10-31/h4-5,8-9,11,17,23-24,36,41H,2-3,6-7,10,12-15H2,1H3/t17-,23?,24?,31+/m1/s1. The molecular formula is C31H31F3N6O4S. The lowest BCUT2D eigenvalue weighted by atomic mass is 9.94. The highest BCUT2D eigenvalue weighted by atomic mass is 32.2. The molecule has 2 aromatic heterocycles. The number of pyridine rings is 1. The number of aryl methyl sites for hydroxylation is 1. The van der Waals surface area contributed by atoms with E-state index in [-0.39, 0.29) is 59.4 Å². The molecule has 4 atom stereocenters. The van der Waals surface area contributed by atoms with Crippen LogP contribution < -0.4 is 15.0 Å². The normalized spacial score (nSPS) is 27.2. The number of ether oxygens (including phenoxy) is 1. The topological polar surface area (TPSA) is 121 Å². The van der Waals surface area contributed by atoms with E-state index in [9.17, 15) is 22.3 Å². The van der Waals surface area contributed by atoms with Gasteiger partial charge in [-0.1, -0.05) is 13.0 Å². The van der Waals surface area contributed by atoms with Crippen molar-refractivity contribution in [3.05, 3.63) is 47.7 Å². The lowest BCUT2D eigenvalue weighted by Gasteiger charge is -2.47. The second kappa shape index (κ2) is 10.1.